The van der Waals surface area contributed by atoms with E-state index in [1.807, 2.05) is 25.1 Å². The minimum Gasteiger partial charge on any atom is -0.454 e. The summed E-state index contributed by atoms with van der Waals surface area (Å²) in [6.45, 7) is 2.31. The van der Waals surface area contributed by atoms with E-state index < -0.39 is 5.92 Å². The lowest BCUT2D eigenvalue weighted by Crippen LogP contribution is -2.33. The van der Waals surface area contributed by atoms with Crippen molar-refractivity contribution < 1.29 is 14.2 Å². The van der Waals surface area contributed by atoms with E-state index in [4.69, 9.17) is 19.9 Å². The molecule has 8 heteroatoms. The first-order chi connectivity index (χ1) is 15.1. The van der Waals surface area contributed by atoms with Gasteiger partial charge in [0.25, 0.3) is 5.56 Å². The highest BCUT2D eigenvalue weighted by Gasteiger charge is 2.35. The van der Waals surface area contributed by atoms with Gasteiger partial charge in [0.15, 0.2) is 11.5 Å². The molecule has 0 amide bonds. The minimum atomic E-state index is -0.684. The van der Waals surface area contributed by atoms with Gasteiger partial charge in [-0.3, -0.25) is 9.78 Å². The normalized spacial score (nSPS) is 16.5. The van der Waals surface area contributed by atoms with Gasteiger partial charge < -0.3 is 24.5 Å². The molecule has 3 aromatic rings. The van der Waals surface area contributed by atoms with Crippen LogP contribution in [0.4, 0.5) is 0 Å². The van der Waals surface area contributed by atoms with Crippen molar-refractivity contribution in [3.05, 3.63) is 93.0 Å². The van der Waals surface area contributed by atoms with Crippen LogP contribution in [0.5, 0.6) is 17.2 Å². The molecule has 31 heavy (non-hydrogen) atoms. The summed E-state index contributed by atoms with van der Waals surface area (Å²) in [6, 6.07) is 13.0. The Morgan fingerprint density at radius 2 is 2.06 bits per heavy atom. The van der Waals surface area contributed by atoms with E-state index >= 15 is 0 Å². The molecule has 5 rings (SSSR count). The molecule has 2 N–H and O–H groups in total. The molecule has 1 atom stereocenters. The molecule has 1 aromatic carbocycles. The molecule has 2 aromatic heterocycles. The number of nitriles is 1. The molecule has 0 fully saturated rings. The summed E-state index contributed by atoms with van der Waals surface area (Å²) >= 11 is 0. The van der Waals surface area contributed by atoms with Crippen LogP contribution in [0.3, 0.4) is 0 Å². The summed E-state index contributed by atoms with van der Waals surface area (Å²) in [6.07, 6.45) is 3.40. The number of ether oxygens (including phenoxy) is 3. The van der Waals surface area contributed by atoms with Gasteiger partial charge in [0, 0.05) is 24.2 Å². The van der Waals surface area contributed by atoms with Crippen molar-refractivity contribution in [1.29, 1.82) is 5.26 Å². The minimum absolute atomic E-state index is 0.0125. The van der Waals surface area contributed by atoms with Gasteiger partial charge in [-0.25, -0.2) is 0 Å². The predicted molar refractivity (Wildman–Crippen MR) is 111 cm³/mol. The van der Waals surface area contributed by atoms with Crippen molar-refractivity contribution in [2.24, 2.45) is 5.73 Å². The number of nitrogens with zero attached hydrogens (tertiary/aromatic N) is 3. The fourth-order valence-corrected chi connectivity index (χ4v) is 3.98. The van der Waals surface area contributed by atoms with Crippen LogP contribution in [0.25, 0.3) is 0 Å². The van der Waals surface area contributed by atoms with E-state index in [1.165, 1.54) is 0 Å². The summed E-state index contributed by atoms with van der Waals surface area (Å²) in [7, 11) is 0. The molecular formula is C23H18N4O4. The Morgan fingerprint density at radius 3 is 2.84 bits per heavy atom. The Bertz CT molecular complexity index is 1320. The summed E-state index contributed by atoms with van der Waals surface area (Å²) < 4.78 is 18.2. The van der Waals surface area contributed by atoms with Crippen molar-refractivity contribution in [3.63, 3.8) is 0 Å². The second-order valence-corrected chi connectivity index (χ2v) is 7.35. The molecule has 0 bridgehead atoms. The van der Waals surface area contributed by atoms with E-state index in [2.05, 4.69) is 11.1 Å². The van der Waals surface area contributed by atoms with E-state index in [0.717, 1.165) is 5.56 Å². The van der Waals surface area contributed by atoms with Gasteiger partial charge >= 0.3 is 0 Å². The van der Waals surface area contributed by atoms with Crippen LogP contribution >= 0.6 is 0 Å². The fraction of sp³-hybridized carbons (Fsp3) is 0.174. The zero-order valence-electron chi connectivity index (χ0n) is 16.7. The maximum absolute atomic E-state index is 13.7. The van der Waals surface area contributed by atoms with Crippen molar-refractivity contribution in [2.75, 3.05) is 6.79 Å². The third kappa shape index (κ3) is 3.07. The number of hydrogen-bond donors (Lipinski definition) is 1. The van der Waals surface area contributed by atoms with Gasteiger partial charge in [-0.2, -0.15) is 5.26 Å². The van der Waals surface area contributed by atoms with Gasteiger partial charge in [0.2, 0.25) is 12.7 Å². The largest absolute Gasteiger partial charge is 0.454 e. The second-order valence-electron chi connectivity index (χ2n) is 7.35. The Balaban J connectivity index is 1.70. The molecule has 0 radical (unpaired) electrons. The highest BCUT2D eigenvalue weighted by molar-refractivity contribution is 5.57. The molecular weight excluding hydrogens is 396 g/mol. The average Bonchev–Trinajstić information content (AvgIpc) is 3.24. The maximum atomic E-state index is 13.7. The monoisotopic (exact) mass is 414 g/mol. The smallest absolute Gasteiger partial charge is 0.259 e. The van der Waals surface area contributed by atoms with Crippen LogP contribution < -0.4 is 25.5 Å². The zero-order chi connectivity index (χ0) is 21.5. The van der Waals surface area contributed by atoms with Crippen LogP contribution in [0.2, 0.25) is 0 Å². The summed E-state index contributed by atoms with van der Waals surface area (Å²) in [5, 5.41) is 9.82. The van der Waals surface area contributed by atoms with E-state index in [1.54, 1.807) is 35.2 Å². The van der Waals surface area contributed by atoms with Crippen molar-refractivity contribution in [3.8, 4) is 23.3 Å². The topological polar surface area (TPSA) is 112 Å². The molecule has 8 nitrogen and oxygen atoms in total. The molecule has 4 heterocycles. The Labute approximate surface area is 177 Å². The highest BCUT2D eigenvalue weighted by Crippen LogP contribution is 2.43. The fourth-order valence-electron chi connectivity index (χ4n) is 3.98. The average molecular weight is 414 g/mol. The first-order valence-corrected chi connectivity index (χ1v) is 9.67. The number of pyridine rings is 2. The standard InChI is InChI=1S/C23H18N4O4/c1-13-7-19-21(23(28)27(13)11-14-3-2-6-26-10-14)20(16(9-24)22(25)31-19)15-4-5-17-18(8-15)30-12-29-17/h2-8,10,20H,11-12,25H2,1H3. The first kappa shape index (κ1) is 18.8. The Hall–Kier alpha value is -4.25. The lowest BCUT2D eigenvalue weighted by molar-refractivity contribution is 0.174. The molecule has 154 valence electrons. The molecule has 2 aliphatic heterocycles. The lowest BCUT2D eigenvalue weighted by Gasteiger charge is -2.27. The van der Waals surface area contributed by atoms with Crippen LogP contribution in [-0.4, -0.2) is 16.3 Å². The molecule has 0 saturated carbocycles. The summed E-state index contributed by atoms with van der Waals surface area (Å²) in [5.41, 5.74) is 8.66. The zero-order valence-corrected chi connectivity index (χ0v) is 16.7. The van der Waals surface area contributed by atoms with Crippen molar-refractivity contribution in [1.82, 2.24) is 9.55 Å². The van der Waals surface area contributed by atoms with Crippen molar-refractivity contribution >= 4 is 0 Å². The van der Waals surface area contributed by atoms with Crippen LogP contribution in [-0.2, 0) is 6.54 Å². The number of allylic oxidation sites excluding steroid dienone is 1. The van der Waals surface area contributed by atoms with Crippen molar-refractivity contribution in [2.45, 2.75) is 19.4 Å². The van der Waals surface area contributed by atoms with Gasteiger partial charge in [-0.15, -0.1) is 0 Å². The molecule has 2 aliphatic rings. The van der Waals surface area contributed by atoms with Gasteiger partial charge in [-0.1, -0.05) is 12.1 Å². The summed E-state index contributed by atoms with van der Waals surface area (Å²) in [4.78, 5) is 17.8. The predicted octanol–water partition coefficient (Wildman–Crippen LogP) is 2.55. The summed E-state index contributed by atoms with van der Waals surface area (Å²) in [5.74, 6) is 0.829. The quantitative estimate of drug-likeness (QED) is 0.701. The van der Waals surface area contributed by atoms with Crippen LogP contribution in [0.1, 0.15) is 28.3 Å². The highest BCUT2D eigenvalue weighted by atomic mass is 16.7. The van der Waals surface area contributed by atoms with E-state index in [9.17, 15) is 10.1 Å². The van der Waals surface area contributed by atoms with E-state index in [0.29, 0.717) is 40.6 Å². The Kier molecular flexibility index (Phi) is 4.37. The number of aryl methyl sites for hydroxylation is 1. The molecule has 0 aliphatic carbocycles. The third-order valence-electron chi connectivity index (χ3n) is 5.48. The van der Waals surface area contributed by atoms with E-state index in [-0.39, 0.29) is 23.8 Å². The maximum Gasteiger partial charge on any atom is 0.259 e. The van der Waals surface area contributed by atoms with Gasteiger partial charge in [-0.05, 0) is 36.2 Å². The number of fused-ring (bicyclic) bond motifs is 2. The van der Waals surface area contributed by atoms with Crippen LogP contribution in [0, 0.1) is 18.3 Å². The van der Waals surface area contributed by atoms with Gasteiger partial charge in [0.1, 0.15) is 17.4 Å². The number of rotatable bonds is 3. The SMILES string of the molecule is Cc1cc2c(c(=O)n1Cc1cccnc1)C(c1ccc3c(c1)OCO3)C(C#N)=C(N)O2. The molecule has 0 spiro atoms. The van der Waals surface area contributed by atoms with Gasteiger partial charge in [0.05, 0.1) is 18.0 Å². The number of hydrogen-bond acceptors (Lipinski definition) is 7. The number of aromatic nitrogens is 2. The second kappa shape index (κ2) is 7.22. The molecule has 1 unspecified atom stereocenters. The Morgan fingerprint density at radius 1 is 1.23 bits per heavy atom. The number of nitrogens with two attached hydrogens (primary N) is 1. The lowest BCUT2D eigenvalue weighted by atomic mass is 9.84. The molecule has 0 saturated heterocycles. The number of benzene rings is 1. The van der Waals surface area contributed by atoms with Crippen LogP contribution in [0.15, 0.2) is 65.0 Å². The first-order valence-electron chi connectivity index (χ1n) is 9.67. The third-order valence-corrected chi connectivity index (χ3v) is 5.48.